The molecule has 64 valence electrons. The van der Waals surface area contributed by atoms with Crippen molar-refractivity contribution in [3.8, 4) is 0 Å². The van der Waals surface area contributed by atoms with Crippen LogP contribution in [-0.2, 0) is 4.74 Å². The summed E-state index contributed by atoms with van der Waals surface area (Å²) in [4.78, 5) is 0. The molecule has 0 atom stereocenters. The predicted molar refractivity (Wildman–Crippen MR) is 41.3 cm³/mol. The van der Waals surface area contributed by atoms with Gasteiger partial charge in [0.05, 0.1) is 0 Å². The van der Waals surface area contributed by atoms with Crippen molar-refractivity contribution in [2.75, 3.05) is 13.2 Å². The van der Waals surface area contributed by atoms with Gasteiger partial charge in [0, 0.05) is 13.2 Å². The maximum absolute atomic E-state index is 6.00. The molecule has 3 nitrogen and oxygen atoms in total. The molecule has 0 aliphatic carbocycles. The molecule has 0 aromatic rings. The van der Waals surface area contributed by atoms with Crippen LogP contribution in [0.1, 0.15) is 33.1 Å². The van der Waals surface area contributed by atoms with Crippen LogP contribution < -0.4 is 0 Å². The molecule has 1 saturated heterocycles. The standard InChI is InChI=1S/C5H10O.C2H6.H2O2/c1-2-4-6-5-3-1;2*1-2/h1-5H2;1-2H3;1-2H. The van der Waals surface area contributed by atoms with E-state index >= 15 is 0 Å². The average molecular weight is 150 g/mol. The molecule has 0 aromatic heterocycles. The second-order valence-corrected chi connectivity index (χ2v) is 1.67. The van der Waals surface area contributed by atoms with E-state index in [1.807, 2.05) is 13.8 Å². The van der Waals surface area contributed by atoms with Gasteiger partial charge in [0.1, 0.15) is 0 Å². The van der Waals surface area contributed by atoms with Crippen LogP contribution in [0.15, 0.2) is 0 Å². The Balaban J connectivity index is 0. The van der Waals surface area contributed by atoms with Gasteiger partial charge in [-0.05, 0) is 19.3 Å². The minimum absolute atomic E-state index is 1.00. The third-order valence-electron chi connectivity index (χ3n) is 1.08. The Morgan fingerprint density at radius 1 is 0.900 bits per heavy atom. The van der Waals surface area contributed by atoms with Gasteiger partial charge < -0.3 is 4.74 Å². The molecule has 1 fully saturated rings. The smallest absolute Gasteiger partial charge is 0.0466 e. The van der Waals surface area contributed by atoms with E-state index in [9.17, 15) is 0 Å². The fourth-order valence-electron chi connectivity index (χ4n) is 0.687. The molecule has 3 heteroatoms. The van der Waals surface area contributed by atoms with Gasteiger partial charge in [0.15, 0.2) is 0 Å². The molecule has 1 aliphatic rings. The summed E-state index contributed by atoms with van der Waals surface area (Å²) < 4.78 is 5.07. The monoisotopic (exact) mass is 150 g/mol. The Morgan fingerprint density at radius 3 is 1.40 bits per heavy atom. The van der Waals surface area contributed by atoms with Gasteiger partial charge in [0.2, 0.25) is 0 Å². The highest BCUT2D eigenvalue weighted by molar-refractivity contribution is 4.45. The van der Waals surface area contributed by atoms with Crippen molar-refractivity contribution >= 4 is 0 Å². The van der Waals surface area contributed by atoms with Gasteiger partial charge in [-0.2, -0.15) is 0 Å². The second-order valence-electron chi connectivity index (χ2n) is 1.67. The zero-order valence-corrected chi connectivity index (χ0v) is 6.84. The van der Waals surface area contributed by atoms with Gasteiger partial charge in [-0.3, -0.25) is 10.5 Å². The minimum Gasteiger partial charge on any atom is -0.381 e. The molecule has 0 bridgehead atoms. The van der Waals surface area contributed by atoms with Crippen LogP contribution in [-0.4, -0.2) is 23.7 Å². The SMILES string of the molecule is C1CCOCC1.CC.OO. The molecule has 0 unspecified atom stereocenters. The first kappa shape index (κ1) is 12.5. The topological polar surface area (TPSA) is 49.7 Å². The second kappa shape index (κ2) is 15.9. The molecule has 2 N–H and O–H groups in total. The third-order valence-corrected chi connectivity index (χ3v) is 1.08. The summed E-state index contributed by atoms with van der Waals surface area (Å²) in [6.45, 7) is 6.00. The van der Waals surface area contributed by atoms with Crippen molar-refractivity contribution in [1.82, 2.24) is 0 Å². The molecule has 0 spiro atoms. The van der Waals surface area contributed by atoms with Crippen molar-refractivity contribution in [1.29, 1.82) is 0 Å². The normalized spacial score (nSPS) is 15.6. The number of ether oxygens (including phenoxy) is 1. The highest BCUT2D eigenvalue weighted by Crippen LogP contribution is 2.02. The van der Waals surface area contributed by atoms with E-state index in [1.165, 1.54) is 19.3 Å². The predicted octanol–water partition coefficient (Wildman–Crippen LogP) is 2.23. The van der Waals surface area contributed by atoms with Gasteiger partial charge in [-0.15, -0.1) is 0 Å². The van der Waals surface area contributed by atoms with E-state index in [1.54, 1.807) is 0 Å². The van der Waals surface area contributed by atoms with Crippen molar-refractivity contribution in [3.05, 3.63) is 0 Å². The molecule has 0 aromatic carbocycles. The van der Waals surface area contributed by atoms with E-state index in [4.69, 9.17) is 15.3 Å². The van der Waals surface area contributed by atoms with Gasteiger partial charge >= 0.3 is 0 Å². The van der Waals surface area contributed by atoms with Crippen LogP contribution in [0.2, 0.25) is 0 Å². The van der Waals surface area contributed by atoms with E-state index in [0.29, 0.717) is 0 Å². The third kappa shape index (κ3) is 10.8. The van der Waals surface area contributed by atoms with E-state index in [-0.39, 0.29) is 0 Å². The van der Waals surface area contributed by atoms with Crippen molar-refractivity contribution in [2.24, 2.45) is 0 Å². The van der Waals surface area contributed by atoms with Crippen LogP contribution in [0.3, 0.4) is 0 Å². The van der Waals surface area contributed by atoms with Crippen molar-refractivity contribution in [2.45, 2.75) is 33.1 Å². The van der Waals surface area contributed by atoms with Crippen LogP contribution in [0.5, 0.6) is 0 Å². The highest BCUT2D eigenvalue weighted by atomic mass is 17.0. The summed E-state index contributed by atoms with van der Waals surface area (Å²) >= 11 is 0. The van der Waals surface area contributed by atoms with Crippen LogP contribution >= 0.6 is 0 Å². The Morgan fingerprint density at radius 2 is 1.30 bits per heavy atom. The molecule has 1 rings (SSSR count). The van der Waals surface area contributed by atoms with E-state index in [0.717, 1.165) is 13.2 Å². The number of rotatable bonds is 0. The summed E-state index contributed by atoms with van der Waals surface area (Å²) in [5.74, 6) is 0. The highest BCUT2D eigenvalue weighted by Gasteiger charge is 1.94. The van der Waals surface area contributed by atoms with E-state index < -0.39 is 0 Å². The number of hydrogen-bond donors (Lipinski definition) is 2. The summed E-state index contributed by atoms with van der Waals surface area (Å²) in [7, 11) is 0. The average Bonchev–Trinajstić information content (AvgIpc) is 2.14. The fourth-order valence-corrected chi connectivity index (χ4v) is 0.687. The van der Waals surface area contributed by atoms with Crippen LogP contribution in [0.25, 0.3) is 0 Å². The lowest BCUT2D eigenvalue weighted by Gasteiger charge is -2.08. The molecule has 0 saturated carbocycles. The molecular formula is C7H18O3. The molecule has 0 radical (unpaired) electrons. The minimum atomic E-state index is 1.00. The Hall–Kier alpha value is -0.120. The Kier molecular flexibility index (Phi) is 20.0. The van der Waals surface area contributed by atoms with Crippen molar-refractivity contribution in [3.63, 3.8) is 0 Å². The number of hydrogen-bond acceptors (Lipinski definition) is 3. The Labute approximate surface area is 62.6 Å². The first-order valence-electron chi connectivity index (χ1n) is 3.78. The zero-order chi connectivity index (χ0) is 8.24. The lowest BCUT2D eigenvalue weighted by Crippen LogP contribution is -2.03. The Bertz CT molecular complexity index is 24.3. The molecule has 1 heterocycles. The summed E-state index contributed by atoms with van der Waals surface area (Å²) in [6.07, 6.45) is 3.93. The van der Waals surface area contributed by atoms with Crippen LogP contribution in [0.4, 0.5) is 0 Å². The largest absolute Gasteiger partial charge is 0.381 e. The van der Waals surface area contributed by atoms with Gasteiger partial charge in [-0.1, -0.05) is 13.8 Å². The quantitative estimate of drug-likeness (QED) is 0.411. The van der Waals surface area contributed by atoms with E-state index in [2.05, 4.69) is 0 Å². The lowest BCUT2D eigenvalue weighted by atomic mass is 10.2. The maximum atomic E-state index is 6.00. The molecule has 10 heavy (non-hydrogen) atoms. The maximum Gasteiger partial charge on any atom is 0.0466 e. The molecule has 1 aliphatic heterocycles. The first-order valence-corrected chi connectivity index (χ1v) is 3.78. The van der Waals surface area contributed by atoms with Crippen LogP contribution in [0, 0.1) is 0 Å². The molecular weight excluding hydrogens is 132 g/mol. The van der Waals surface area contributed by atoms with Gasteiger partial charge in [-0.25, -0.2) is 0 Å². The van der Waals surface area contributed by atoms with Gasteiger partial charge in [0.25, 0.3) is 0 Å². The van der Waals surface area contributed by atoms with Crippen molar-refractivity contribution < 1.29 is 15.3 Å². The summed E-state index contributed by atoms with van der Waals surface area (Å²) in [5.41, 5.74) is 0. The molecule has 0 amide bonds. The summed E-state index contributed by atoms with van der Waals surface area (Å²) in [6, 6.07) is 0. The summed E-state index contributed by atoms with van der Waals surface area (Å²) in [5, 5.41) is 12.0. The zero-order valence-electron chi connectivity index (χ0n) is 6.84. The lowest BCUT2D eigenvalue weighted by molar-refractivity contribution is -0.176. The first-order chi connectivity index (χ1) is 5.00. The fraction of sp³-hybridized carbons (Fsp3) is 1.00.